The Morgan fingerprint density at radius 1 is 0.301 bits per heavy atom. The Balaban J connectivity index is 1.21. The molecule has 0 aliphatic carbocycles. The fraction of sp³-hybridized carbons (Fsp3) is 0.136. The third kappa shape index (κ3) is 9.91. The van der Waals surface area contributed by atoms with E-state index in [1.807, 2.05) is 0 Å². The lowest BCUT2D eigenvalue weighted by Crippen LogP contribution is -2.39. The maximum absolute atomic E-state index is 16.1. The first-order chi connectivity index (χ1) is 44.0. The van der Waals surface area contributed by atoms with E-state index in [1.54, 1.807) is 0 Å². The van der Waals surface area contributed by atoms with Crippen LogP contribution >= 0.6 is 0 Å². The molecule has 12 rings (SSSR count). The molecule has 476 valence electrons. The average molecular weight is 1280 g/mol. The lowest BCUT2D eigenvalue weighted by molar-refractivity contribution is 0.0574. The first-order valence-electron chi connectivity index (χ1n) is 27.7. The minimum absolute atomic E-state index is 0.149. The van der Waals surface area contributed by atoms with Gasteiger partial charge >= 0.3 is 0 Å². The fourth-order valence-corrected chi connectivity index (χ4v) is 12.7. The van der Waals surface area contributed by atoms with E-state index in [0.29, 0.717) is 36.4 Å². The molecule has 0 amide bonds. The summed E-state index contributed by atoms with van der Waals surface area (Å²) < 4.78 is 20.1. The molecular weight excluding hydrogens is 1220 g/mol. The van der Waals surface area contributed by atoms with Gasteiger partial charge in [-0.1, -0.05) is 18.2 Å². The molecule has 93 heavy (non-hydrogen) atoms. The number of fused-ring (bicyclic) bond motifs is 3. The number of rotatable bonds is 11. The van der Waals surface area contributed by atoms with Gasteiger partial charge in [0.05, 0.1) is 17.8 Å². The number of Topliss-reactive ketones (excluding diaryl/α,β-unsaturated/α-hetero) is 3. The summed E-state index contributed by atoms with van der Waals surface area (Å²) in [4.78, 5) is 46.8. The zero-order valence-corrected chi connectivity index (χ0v) is 47.1. The number of phenolic OH excluding ortho intramolecular Hbond substituents is 21. The molecule has 0 bridgehead atoms. The third-order valence-electron chi connectivity index (χ3n) is 16.9. The molecule has 21 N–H and O–H groups in total. The second-order valence-corrected chi connectivity index (χ2v) is 22.4. The van der Waals surface area contributed by atoms with Crippen LogP contribution in [-0.4, -0.2) is 125 Å². The number of ether oxygens (including phenoxy) is 3. The number of hydrogen-bond acceptors (Lipinski definition) is 27. The Morgan fingerprint density at radius 3 is 1.06 bits per heavy atom. The molecule has 0 saturated heterocycles. The van der Waals surface area contributed by atoms with Gasteiger partial charge in [-0.25, -0.2) is 0 Å². The van der Waals surface area contributed by atoms with E-state index in [-0.39, 0.29) is 16.7 Å². The number of benzene rings is 9. The monoisotopic (exact) mass is 1270 g/mol. The molecule has 27 nitrogen and oxygen atoms in total. The van der Waals surface area contributed by atoms with Crippen LogP contribution in [0.15, 0.2) is 115 Å². The standard InChI is InChI=1S/C66H50O27/c67-27-16-37(75)48-47(17-27)91-63(22-2-5-31(69)35(73)8-22)54(57(86)25-12-43(81)60(89)44(82)13-25)52(48)50-39(77)20-40(78)51-53(55(58(87)26-14-45(83)61(90)46(84)15-26)64(93-66(50)51)23-3-6-32(70)36(74)9-23)49-38(76)19-33(71)28-18-29(56(85)24-10-41(79)59(88)42(80)11-24)62(92-65(28)49)21-1-4-30(68)34(72)7-21/h1-17,19-20,29,52-55,62-64,67-84,88-90H,18H2. The predicted octanol–water partition coefficient (Wildman–Crippen LogP) is 8.21. The summed E-state index contributed by atoms with van der Waals surface area (Å²) in [6, 6.07) is 16.6. The van der Waals surface area contributed by atoms with Gasteiger partial charge in [-0.15, -0.1) is 0 Å². The average Bonchev–Trinajstić information content (AvgIpc) is 0.709. The first-order valence-corrected chi connectivity index (χ1v) is 27.7. The van der Waals surface area contributed by atoms with E-state index in [2.05, 4.69) is 0 Å². The maximum atomic E-state index is 16.1. The number of phenols is 21. The summed E-state index contributed by atoms with van der Waals surface area (Å²) in [7, 11) is 0. The highest BCUT2D eigenvalue weighted by Crippen LogP contribution is 2.66. The van der Waals surface area contributed by atoms with Crippen LogP contribution in [0, 0.1) is 17.8 Å². The van der Waals surface area contributed by atoms with Gasteiger partial charge in [-0.2, -0.15) is 0 Å². The van der Waals surface area contributed by atoms with Crippen molar-refractivity contribution in [3.63, 3.8) is 0 Å². The van der Waals surface area contributed by atoms with E-state index in [9.17, 15) is 112 Å². The van der Waals surface area contributed by atoms with E-state index in [1.165, 1.54) is 6.07 Å². The van der Waals surface area contributed by atoms with E-state index in [4.69, 9.17) is 14.2 Å². The van der Waals surface area contributed by atoms with Crippen molar-refractivity contribution in [1.29, 1.82) is 0 Å². The van der Waals surface area contributed by atoms with Crippen molar-refractivity contribution < 1.29 is 136 Å². The van der Waals surface area contributed by atoms with Crippen LogP contribution in [0.25, 0.3) is 0 Å². The molecule has 0 radical (unpaired) electrons. The maximum Gasteiger partial charge on any atom is 0.200 e. The Bertz CT molecular complexity index is 4620. The van der Waals surface area contributed by atoms with Gasteiger partial charge in [0.1, 0.15) is 70.1 Å². The van der Waals surface area contributed by atoms with Crippen LogP contribution in [0.1, 0.15) is 106 Å². The van der Waals surface area contributed by atoms with Crippen LogP contribution < -0.4 is 14.2 Å². The van der Waals surface area contributed by atoms with Gasteiger partial charge in [-0.05, 0) is 95.9 Å². The number of carbonyl (C=O) groups excluding carboxylic acids is 3. The van der Waals surface area contributed by atoms with Gasteiger partial charge < -0.3 is 121 Å². The molecule has 3 aliphatic heterocycles. The normalized spacial score (nSPS) is 19.6. The minimum atomic E-state index is -2.22. The van der Waals surface area contributed by atoms with Crippen LogP contribution in [0.2, 0.25) is 0 Å². The molecule has 0 saturated carbocycles. The Morgan fingerprint density at radius 2 is 0.645 bits per heavy atom. The summed E-state index contributed by atoms with van der Waals surface area (Å²) in [5.41, 5.74) is -5.44. The molecule has 0 spiro atoms. The lowest BCUT2D eigenvalue weighted by atomic mass is 9.66. The quantitative estimate of drug-likeness (QED) is 0.0428. The van der Waals surface area contributed by atoms with Gasteiger partial charge in [0.25, 0.3) is 0 Å². The predicted molar refractivity (Wildman–Crippen MR) is 314 cm³/mol. The SMILES string of the molecule is O=C(c1cc(O)c(O)c(O)c1)C1Cc2c(O)cc(O)c(C3c4c(O)cc(O)c(C5c6c(O)cc(O)cc6OC(c6ccc(O)c(O)c6)C5C(=O)c5cc(O)c(O)c(O)c5)c4OC(c4ccc(O)c(O)c4)C3C(=O)c3cc(O)c(O)c(O)c3)c2OC1c1ccc(O)c(O)c1. The second-order valence-electron chi connectivity index (χ2n) is 22.4. The van der Waals surface area contributed by atoms with Gasteiger partial charge in [0.2, 0.25) is 0 Å². The Labute approximate surface area is 520 Å². The summed E-state index contributed by atoms with van der Waals surface area (Å²) in [6.07, 6.45) is -6.49. The van der Waals surface area contributed by atoms with Crippen molar-refractivity contribution in [3.8, 4) is 138 Å². The highest BCUT2D eigenvalue weighted by atomic mass is 16.5. The molecule has 9 aromatic carbocycles. The number of carbonyl (C=O) groups is 3. The molecule has 9 aromatic rings. The molecule has 8 unspecified atom stereocenters. The van der Waals surface area contributed by atoms with Crippen molar-refractivity contribution in [2.24, 2.45) is 17.8 Å². The van der Waals surface area contributed by atoms with E-state index in [0.717, 1.165) is 72.8 Å². The smallest absolute Gasteiger partial charge is 0.200 e. The zero-order valence-electron chi connectivity index (χ0n) is 47.1. The van der Waals surface area contributed by atoms with Crippen molar-refractivity contribution in [2.75, 3.05) is 0 Å². The largest absolute Gasteiger partial charge is 0.508 e. The number of ketones is 3. The number of aromatic hydroxyl groups is 21. The van der Waals surface area contributed by atoms with Gasteiger partial charge in [0, 0.05) is 80.6 Å². The topological polar surface area (TPSA) is 504 Å². The molecular formula is C66H50O27. The zero-order chi connectivity index (χ0) is 66.8. The minimum Gasteiger partial charge on any atom is -0.508 e. The summed E-state index contributed by atoms with van der Waals surface area (Å²) >= 11 is 0. The van der Waals surface area contributed by atoms with Crippen molar-refractivity contribution >= 4 is 17.3 Å². The molecule has 0 aromatic heterocycles. The summed E-state index contributed by atoms with van der Waals surface area (Å²) in [5.74, 6) is -35.3. The highest BCUT2D eigenvalue weighted by molar-refractivity contribution is 6.03. The molecule has 0 fully saturated rings. The van der Waals surface area contributed by atoms with Crippen LogP contribution in [0.5, 0.6) is 138 Å². The van der Waals surface area contributed by atoms with Gasteiger partial charge in [0.15, 0.2) is 104 Å². The van der Waals surface area contributed by atoms with Gasteiger partial charge in [-0.3, -0.25) is 14.4 Å². The summed E-state index contributed by atoms with van der Waals surface area (Å²) in [5, 5.41) is 235. The second kappa shape index (κ2) is 22.0. The molecule has 3 aliphatic rings. The summed E-state index contributed by atoms with van der Waals surface area (Å²) in [6.45, 7) is 0. The Hall–Kier alpha value is -12.8. The van der Waals surface area contributed by atoms with Crippen LogP contribution in [-0.2, 0) is 6.42 Å². The van der Waals surface area contributed by atoms with Crippen molar-refractivity contribution in [1.82, 2.24) is 0 Å². The Kier molecular flexibility index (Phi) is 14.3. The van der Waals surface area contributed by atoms with Crippen LogP contribution in [0.4, 0.5) is 0 Å². The first kappa shape index (κ1) is 60.5. The molecule has 27 heteroatoms. The van der Waals surface area contributed by atoms with Crippen molar-refractivity contribution in [3.05, 3.63) is 176 Å². The fourth-order valence-electron chi connectivity index (χ4n) is 12.7. The third-order valence-corrected chi connectivity index (χ3v) is 16.9. The van der Waals surface area contributed by atoms with E-state index < -0.39 is 254 Å². The van der Waals surface area contributed by atoms with E-state index >= 15 is 9.59 Å². The molecule has 8 atom stereocenters. The lowest BCUT2D eigenvalue weighted by Gasteiger charge is -2.45. The molecule has 3 heterocycles. The number of hydrogen-bond donors (Lipinski definition) is 21. The van der Waals surface area contributed by atoms with Crippen LogP contribution in [0.3, 0.4) is 0 Å². The van der Waals surface area contributed by atoms with Crippen molar-refractivity contribution in [2.45, 2.75) is 36.6 Å². The highest BCUT2D eigenvalue weighted by Gasteiger charge is 2.55.